The van der Waals surface area contributed by atoms with Gasteiger partial charge < -0.3 is 11.1 Å². The molecule has 0 saturated heterocycles. The first-order valence-corrected chi connectivity index (χ1v) is 6.33. The molecule has 0 aliphatic heterocycles. The first-order chi connectivity index (χ1) is 7.61. The van der Waals surface area contributed by atoms with E-state index in [2.05, 4.69) is 31.3 Å². The summed E-state index contributed by atoms with van der Waals surface area (Å²) in [5, 5.41) is 3.00. The van der Waals surface area contributed by atoms with Gasteiger partial charge in [-0.2, -0.15) is 0 Å². The second kappa shape index (κ2) is 6.04. The van der Waals surface area contributed by atoms with Gasteiger partial charge in [0.05, 0.1) is 0 Å². The Morgan fingerprint density at radius 2 is 2.12 bits per heavy atom. The Morgan fingerprint density at radius 3 is 2.62 bits per heavy atom. The molecule has 16 heavy (non-hydrogen) atoms. The summed E-state index contributed by atoms with van der Waals surface area (Å²) in [6.45, 7) is 4.73. The number of nitrogens with one attached hydrogen (secondary N) is 1. The van der Waals surface area contributed by atoms with E-state index in [1.54, 1.807) is 0 Å². The Labute approximate surface area is 98.5 Å². The van der Waals surface area contributed by atoms with Crippen molar-refractivity contribution in [2.75, 3.05) is 6.54 Å². The summed E-state index contributed by atoms with van der Waals surface area (Å²) in [5.41, 5.74) is 5.91. The molecule has 0 saturated carbocycles. The fraction of sp³-hybridized carbons (Fsp3) is 0.769. The maximum absolute atomic E-state index is 11.9. The molecule has 3 nitrogen and oxygen atoms in total. The normalized spacial score (nSPS) is 20.8. The molecule has 0 aromatic rings. The molecule has 1 unspecified atom stereocenters. The van der Waals surface area contributed by atoms with Gasteiger partial charge in [-0.25, -0.2) is 0 Å². The SMILES string of the molecule is CCC(N)(CC)CNC(=O)C1CC=CCC1. The van der Waals surface area contributed by atoms with Gasteiger partial charge in [-0.15, -0.1) is 0 Å². The maximum atomic E-state index is 11.9. The summed E-state index contributed by atoms with van der Waals surface area (Å²) in [4.78, 5) is 11.9. The predicted molar refractivity (Wildman–Crippen MR) is 67.0 cm³/mol. The van der Waals surface area contributed by atoms with E-state index in [0.29, 0.717) is 6.54 Å². The van der Waals surface area contributed by atoms with E-state index in [1.807, 2.05) is 0 Å². The summed E-state index contributed by atoms with van der Waals surface area (Å²) in [5.74, 6) is 0.323. The van der Waals surface area contributed by atoms with E-state index in [4.69, 9.17) is 5.73 Å². The monoisotopic (exact) mass is 224 g/mol. The largest absolute Gasteiger partial charge is 0.354 e. The Bertz CT molecular complexity index is 257. The van der Waals surface area contributed by atoms with Crippen LogP contribution in [0.3, 0.4) is 0 Å². The second-order valence-corrected chi connectivity index (χ2v) is 4.77. The maximum Gasteiger partial charge on any atom is 0.223 e. The van der Waals surface area contributed by atoms with Gasteiger partial charge in [0.15, 0.2) is 0 Å². The predicted octanol–water partition coefficient (Wildman–Crippen LogP) is 1.98. The lowest BCUT2D eigenvalue weighted by atomic mass is 9.91. The van der Waals surface area contributed by atoms with E-state index in [0.717, 1.165) is 32.1 Å². The summed E-state index contributed by atoms with van der Waals surface area (Å²) in [6, 6.07) is 0. The molecule has 0 aromatic heterocycles. The summed E-state index contributed by atoms with van der Waals surface area (Å²) in [7, 11) is 0. The van der Waals surface area contributed by atoms with E-state index in [-0.39, 0.29) is 17.4 Å². The average Bonchev–Trinajstić information content (AvgIpc) is 2.36. The number of allylic oxidation sites excluding steroid dienone is 2. The highest BCUT2D eigenvalue weighted by atomic mass is 16.1. The molecule has 3 heteroatoms. The first-order valence-electron chi connectivity index (χ1n) is 6.33. The molecule has 1 amide bonds. The van der Waals surface area contributed by atoms with Crippen LogP contribution in [0, 0.1) is 5.92 Å². The summed E-state index contributed by atoms with van der Waals surface area (Å²) < 4.78 is 0. The molecule has 1 atom stereocenters. The molecular formula is C13H24N2O. The number of amides is 1. The molecule has 1 aliphatic carbocycles. The van der Waals surface area contributed by atoms with Crippen LogP contribution < -0.4 is 11.1 Å². The Balaban J connectivity index is 2.37. The Morgan fingerprint density at radius 1 is 1.44 bits per heavy atom. The number of rotatable bonds is 5. The molecule has 3 N–H and O–H groups in total. The molecule has 0 spiro atoms. The van der Waals surface area contributed by atoms with Crippen LogP contribution in [0.1, 0.15) is 46.0 Å². The van der Waals surface area contributed by atoms with E-state index >= 15 is 0 Å². The van der Waals surface area contributed by atoms with Gasteiger partial charge in [0.25, 0.3) is 0 Å². The van der Waals surface area contributed by atoms with Crippen molar-refractivity contribution in [2.24, 2.45) is 11.7 Å². The third-order valence-electron chi connectivity index (χ3n) is 3.66. The average molecular weight is 224 g/mol. The van der Waals surface area contributed by atoms with Crippen molar-refractivity contribution in [3.8, 4) is 0 Å². The quantitative estimate of drug-likeness (QED) is 0.702. The van der Waals surface area contributed by atoms with Crippen LogP contribution in [0.5, 0.6) is 0 Å². The van der Waals surface area contributed by atoms with E-state index in [1.165, 1.54) is 0 Å². The van der Waals surface area contributed by atoms with Crippen molar-refractivity contribution in [3.63, 3.8) is 0 Å². The lowest BCUT2D eigenvalue weighted by molar-refractivity contribution is -0.125. The molecule has 1 rings (SSSR count). The zero-order chi connectivity index (χ0) is 12.0. The molecule has 0 radical (unpaired) electrons. The van der Waals surface area contributed by atoms with Crippen LogP contribution in [-0.4, -0.2) is 18.0 Å². The van der Waals surface area contributed by atoms with Crippen LogP contribution in [0.25, 0.3) is 0 Å². The van der Waals surface area contributed by atoms with E-state index in [9.17, 15) is 4.79 Å². The highest BCUT2D eigenvalue weighted by molar-refractivity contribution is 5.79. The van der Waals surface area contributed by atoms with Gasteiger partial charge in [0.1, 0.15) is 0 Å². The number of hydrogen-bond donors (Lipinski definition) is 2. The standard InChI is InChI=1S/C13H24N2O/c1-3-13(14,4-2)10-15-12(16)11-8-6-5-7-9-11/h5-6,11H,3-4,7-10,14H2,1-2H3,(H,15,16). The van der Waals surface area contributed by atoms with Crippen molar-refractivity contribution in [3.05, 3.63) is 12.2 Å². The van der Waals surface area contributed by atoms with Gasteiger partial charge in [-0.1, -0.05) is 26.0 Å². The second-order valence-electron chi connectivity index (χ2n) is 4.77. The van der Waals surface area contributed by atoms with Gasteiger partial charge in [0, 0.05) is 18.0 Å². The zero-order valence-electron chi connectivity index (χ0n) is 10.5. The third kappa shape index (κ3) is 3.63. The highest BCUT2D eigenvalue weighted by Crippen LogP contribution is 2.18. The van der Waals surface area contributed by atoms with Crippen LogP contribution >= 0.6 is 0 Å². The number of carbonyl (C=O) groups excluding carboxylic acids is 1. The Hall–Kier alpha value is -0.830. The van der Waals surface area contributed by atoms with Crippen LogP contribution in [0.4, 0.5) is 0 Å². The Kier molecular flexibility index (Phi) is 5.00. The fourth-order valence-electron chi connectivity index (χ4n) is 1.94. The van der Waals surface area contributed by atoms with Crippen LogP contribution in [0.15, 0.2) is 12.2 Å². The van der Waals surface area contributed by atoms with Crippen molar-refractivity contribution in [1.29, 1.82) is 0 Å². The minimum absolute atomic E-state index is 0.156. The van der Waals surface area contributed by atoms with Gasteiger partial charge >= 0.3 is 0 Å². The molecule has 0 heterocycles. The van der Waals surface area contributed by atoms with Crippen molar-refractivity contribution >= 4 is 5.91 Å². The number of hydrogen-bond acceptors (Lipinski definition) is 2. The number of carbonyl (C=O) groups is 1. The van der Waals surface area contributed by atoms with Crippen molar-refractivity contribution < 1.29 is 4.79 Å². The van der Waals surface area contributed by atoms with E-state index < -0.39 is 0 Å². The number of nitrogens with two attached hydrogens (primary N) is 1. The van der Waals surface area contributed by atoms with Gasteiger partial charge in [-0.3, -0.25) is 4.79 Å². The molecule has 0 fully saturated rings. The van der Waals surface area contributed by atoms with Crippen molar-refractivity contribution in [2.45, 2.75) is 51.5 Å². The molecule has 0 bridgehead atoms. The molecule has 1 aliphatic rings. The molecule has 0 aromatic carbocycles. The topological polar surface area (TPSA) is 55.1 Å². The van der Waals surface area contributed by atoms with Gasteiger partial charge in [-0.05, 0) is 32.1 Å². The van der Waals surface area contributed by atoms with Gasteiger partial charge in [0.2, 0.25) is 5.91 Å². The smallest absolute Gasteiger partial charge is 0.223 e. The summed E-state index contributed by atoms with van der Waals surface area (Å²) in [6.07, 6.45) is 8.91. The minimum Gasteiger partial charge on any atom is -0.354 e. The first kappa shape index (κ1) is 13.2. The lowest BCUT2D eigenvalue weighted by Gasteiger charge is -2.28. The minimum atomic E-state index is -0.236. The summed E-state index contributed by atoms with van der Waals surface area (Å²) >= 11 is 0. The highest BCUT2D eigenvalue weighted by Gasteiger charge is 2.24. The van der Waals surface area contributed by atoms with Crippen LogP contribution in [-0.2, 0) is 4.79 Å². The zero-order valence-corrected chi connectivity index (χ0v) is 10.5. The molecular weight excluding hydrogens is 200 g/mol. The van der Waals surface area contributed by atoms with Crippen molar-refractivity contribution in [1.82, 2.24) is 5.32 Å². The third-order valence-corrected chi connectivity index (χ3v) is 3.66. The fourth-order valence-corrected chi connectivity index (χ4v) is 1.94. The van der Waals surface area contributed by atoms with Crippen LogP contribution in [0.2, 0.25) is 0 Å². The lowest BCUT2D eigenvalue weighted by Crippen LogP contribution is -2.50. The molecule has 92 valence electrons.